The van der Waals surface area contributed by atoms with Crippen molar-refractivity contribution in [2.75, 3.05) is 5.32 Å². The summed E-state index contributed by atoms with van der Waals surface area (Å²) in [5.41, 5.74) is -3.36. The Morgan fingerprint density at radius 3 is 2.64 bits per heavy atom. The highest BCUT2D eigenvalue weighted by Gasteiger charge is 2.62. The van der Waals surface area contributed by atoms with E-state index in [1.165, 1.54) is 24.4 Å². The van der Waals surface area contributed by atoms with Crippen LogP contribution in [0.5, 0.6) is 0 Å². The lowest BCUT2D eigenvalue weighted by molar-refractivity contribution is -0.271. The molecule has 5 nitrogen and oxygen atoms in total. The number of anilines is 2. The largest absolute Gasteiger partial charge is 0.426 e. The van der Waals surface area contributed by atoms with E-state index in [1.807, 2.05) is 0 Å². The highest BCUT2D eigenvalue weighted by Crippen LogP contribution is 2.54. The average molecular weight is 408 g/mol. The van der Waals surface area contributed by atoms with Crippen LogP contribution in [0, 0.1) is 0 Å². The van der Waals surface area contributed by atoms with Gasteiger partial charge < -0.3 is 15.0 Å². The van der Waals surface area contributed by atoms with Gasteiger partial charge in [0.1, 0.15) is 5.82 Å². The maximum Gasteiger partial charge on any atom is 0.426 e. The Balaban J connectivity index is 1.95. The SMILES string of the molecule is O=c1ccc2c([nH]1)Nc1ccc(Cl)cc1C2(OCc1ccccn1)C(F)(F)F. The van der Waals surface area contributed by atoms with Crippen molar-refractivity contribution in [2.24, 2.45) is 0 Å². The van der Waals surface area contributed by atoms with Crippen molar-refractivity contribution < 1.29 is 17.9 Å². The first-order chi connectivity index (χ1) is 13.3. The maximum absolute atomic E-state index is 14.6. The van der Waals surface area contributed by atoms with Crippen LogP contribution in [0.3, 0.4) is 0 Å². The Morgan fingerprint density at radius 1 is 1.11 bits per heavy atom. The summed E-state index contributed by atoms with van der Waals surface area (Å²) in [6, 6.07) is 11.1. The molecule has 0 radical (unpaired) electrons. The number of H-pyrrole nitrogens is 1. The Bertz CT molecular complexity index is 1090. The number of alkyl halides is 3. The number of halogens is 4. The molecule has 2 aromatic heterocycles. The topological polar surface area (TPSA) is 67.0 Å². The van der Waals surface area contributed by atoms with Crippen LogP contribution >= 0.6 is 11.6 Å². The lowest BCUT2D eigenvalue weighted by Gasteiger charge is -2.41. The molecule has 1 atom stereocenters. The highest BCUT2D eigenvalue weighted by molar-refractivity contribution is 6.30. The number of aromatic nitrogens is 2. The van der Waals surface area contributed by atoms with Crippen molar-refractivity contribution in [3.8, 4) is 0 Å². The molecule has 4 rings (SSSR count). The number of aromatic amines is 1. The quantitative estimate of drug-likeness (QED) is 0.670. The van der Waals surface area contributed by atoms with E-state index in [-0.39, 0.29) is 27.7 Å². The first-order valence-electron chi connectivity index (χ1n) is 8.23. The van der Waals surface area contributed by atoms with Crippen molar-refractivity contribution >= 4 is 23.1 Å². The van der Waals surface area contributed by atoms with Crippen LogP contribution in [0.15, 0.2) is 59.5 Å². The number of benzene rings is 1. The van der Waals surface area contributed by atoms with Gasteiger partial charge >= 0.3 is 6.18 Å². The van der Waals surface area contributed by atoms with Gasteiger partial charge in [-0.2, -0.15) is 13.2 Å². The number of nitrogens with zero attached hydrogens (tertiary/aromatic N) is 1. The molecule has 0 spiro atoms. The van der Waals surface area contributed by atoms with Gasteiger partial charge in [0.2, 0.25) is 11.2 Å². The minimum absolute atomic E-state index is 0.0827. The van der Waals surface area contributed by atoms with Crippen molar-refractivity contribution in [2.45, 2.75) is 18.4 Å². The van der Waals surface area contributed by atoms with Gasteiger partial charge in [-0.15, -0.1) is 0 Å². The van der Waals surface area contributed by atoms with Crippen LogP contribution in [0.2, 0.25) is 5.02 Å². The monoisotopic (exact) mass is 407 g/mol. The van der Waals surface area contributed by atoms with Crippen molar-refractivity contribution in [1.29, 1.82) is 0 Å². The van der Waals surface area contributed by atoms with Gasteiger partial charge in [-0.25, -0.2) is 0 Å². The van der Waals surface area contributed by atoms with Crippen molar-refractivity contribution in [1.82, 2.24) is 9.97 Å². The molecule has 3 heterocycles. The molecule has 0 bridgehead atoms. The number of fused-ring (bicyclic) bond motifs is 2. The smallest absolute Gasteiger partial charge is 0.350 e. The van der Waals surface area contributed by atoms with Gasteiger partial charge in [0.05, 0.1) is 12.3 Å². The van der Waals surface area contributed by atoms with E-state index < -0.39 is 23.9 Å². The van der Waals surface area contributed by atoms with Gasteiger partial charge in [-0.05, 0) is 36.4 Å². The Hall–Kier alpha value is -2.84. The predicted octanol–water partition coefficient (Wildman–Crippen LogP) is 4.50. The fourth-order valence-corrected chi connectivity index (χ4v) is 3.44. The van der Waals surface area contributed by atoms with Crippen molar-refractivity contribution in [3.63, 3.8) is 0 Å². The summed E-state index contributed by atoms with van der Waals surface area (Å²) in [7, 11) is 0. The maximum atomic E-state index is 14.6. The van der Waals surface area contributed by atoms with Gasteiger partial charge in [-0.3, -0.25) is 9.78 Å². The molecule has 1 aliphatic rings. The molecule has 1 aromatic carbocycles. The van der Waals surface area contributed by atoms with Gasteiger partial charge in [0.25, 0.3) is 0 Å². The zero-order valence-corrected chi connectivity index (χ0v) is 14.9. The molecule has 2 N–H and O–H groups in total. The van der Waals surface area contributed by atoms with E-state index in [4.69, 9.17) is 16.3 Å². The van der Waals surface area contributed by atoms with Crippen LogP contribution in [0.4, 0.5) is 24.7 Å². The van der Waals surface area contributed by atoms with Gasteiger partial charge in [-0.1, -0.05) is 17.7 Å². The van der Waals surface area contributed by atoms with Crippen molar-refractivity contribution in [3.05, 3.63) is 86.9 Å². The number of ether oxygens (including phenoxy) is 1. The molecule has 3 aromatic rings. The standard InChI is InChI=1S/C19H13ClF3N3O2/c20-11-4-6-15-14(9-11)18(19(21,22)23,28-10-12-3-1-2-8-24-12)13-5-7-16(27)26-17(13)25-15/h1-9H,10H2,(H2,25,26,27). The van der Waals surface area contributed by atoms with E-state index in [0.29, 0.717) is 5.69 Å². The lowest BCUT2D eigenvalue weighted by Crippen LogP contribution is -2.48. The van der Waals surface area contributed by atoms with E-state index in [2.05, 4.69) is 15.3 Å². The second-order valence-electron chi connectivity index (χ2n) is 6.21. The third kappa shape index (κ3) is 2.94. The lowest BCUT2D eigenvalue weighted by atomic mass is 9.82. The summed E-state index contributed by atoms with van der Waals surface area (Å²) in [5.74, 6) is -0.0827. The molecule has 144 valence electrons. The van der Waals surface area contributed by atoms with Crippen LogP contribution < -0.4 is 10.9 Å². The van der Waals surface area contributed by atoms with Gasteiger partial charge in [0.15, 0.2) is 0 Å². The summed E-state index contributed by atoms with van der Waals surface area (Å²) >= 11 is 6.00. The normalized spacial score (nSPS) is 18.1. The first kappa shape index (κ1) is 18.5. The van der Waals surface area contributed by atoms with E-state index in [0.717, 1.165) is 12.1 Å². The Kier molecular flexibility index (Phi) is 4.40. The molecular formula is C19H13ClF3N3O2. The molecule has 28 heavy (non-hydrogen) atoms. The summed E-state index contributed by atoms with van der Waals surface area (Å²) in [4.78, 5) is 18.1. The number of pyridine rings is 2. The third-order valence-corrected chi connectivity index (χ3v) is 4.72. The molecule has 0 saturated heterocycles. The summed E-state index contributed by atoms with van der Waals surface area (Å²) in [5, 5.41) is 2.95. The Labute approximate surface area is 162 Å². The summed E-state index contributed by atoms with van der Waals surface area (Å²) in [6.45, 7) is -0.398. The minimum Gasteiger partial charge on any atom is -0.350 e. The second kappa shape index (κ2) is 6.65. The molecule has 9 heteroatoms. The zero-order valence-electron chi connectivity index (χ0n) is 14.2. The zero-order chi connectivity index (χ0) is 19.9. The average Bonchev–Trinajstić information content (AvgIpc) is 2.65. The third-order valence-electron chi connectivity index (χ3n) is 4.48. The summed E-state index contributed by atoms with van der Waals surface area (Å²) < 4.78 is 49.3. The summed E-state index contributed by atoms with van der Waals surface area (Å²) in [6.07, 6.45) is -3.38. The molecular weight excluding hydrogens is 395 g/mol. The molecule has 0 fully saturated rings. The molecule has 1 unspecified atom stereocenters. The molecule has 1 aliphatic heterocycles. The van der Waals surface area contributed by atoms with Crippen LogP contribution in [-0.2, 0) is 16.9 Å². The Morgan fingerprint density at radius 2 is 1.93 bits per heavy atom. The van der Waals surface area contributed by atoms with Crippen LogP contribution in [-0.4, -0.2) is 16.1 Å². The molecule has 0 saturated carbocycles. The first-order valence-corrected chi connectivity index (χ1v) is 8.60. The minimum atomic E-state index is -4.85. The number of hydrogen-bond acceptors (Lipinski definition) is 4. The van der Waals surface area contributed by atoms with Crippen LogP contribution in [0.1, 0.15) is 16.8 Å². The van der Waals surface area contributed by atoms with Gasteiger partial charge in [0, 0.05) is 34.1 Å². The van der Waals surface area contributed by atoms with E-state index in [9.17, 15) is 18.0 Å². The van der Waals surface area contributed by atoms with E-state index in [1.54, 1.807) is 18.2 Å². The predicted molar refractivity (Wildman–Crippen MR) is 97.7 cm³/mol. The fraction of sp³-hybridized carbons (Fsp3) is 0.158. The fourth-order valence-electron chi connectivity index (χ4n) is 3.27. The molecule has 0 aliphatic carbocycles. The second-order valence-corrected chi connectivity index (χ2v) is 6.65. The van der Waals surface area contributed by atoms with Crippen LogP contribution in [0.25, 0.3) is 0 Å². The number of nitrogens with one attached hydrogen (secondary N) is 2. The van der Waals surface area contributed by atoms with E-state index >= 15 is 0 Å². The number of hydrogen-bond donors (Lipinski definition) is 2. The number of rotatable bonds is 3. The highest BCUT2D eigenvalue weighted by atomic mass is 35.5. The molecule has 0 amide bonds.